The zero-order chi connectivity index (χ0) is 18.6. The van der Waals surface area contributed by atoms with Crippen LogP contribution in [0.15, 0.2) is 52.3 Å². The van der Waals surface area contributed by atoms with E-state index in [0.29, 0.717) is 18.4 Å². The Kier molecular flexibility index (Phi) is 5.06. The van der Waals surface area contributed by atoms with E-state index in [1.807, 2.05) is 12.1 Å². The van der Waals surface area contributed by atoms with Crippen molar-refractivity contribution in [3.63, 3.8) is 0 Å². The van der Waals surface area contributed by atoms with Crippen molar-refractivity contribution in [1.82, 2.24) is 29.8 Å². The molecular formula is C19H22N6O2. The van der Waals surface area contributed by atoms with Crippen LogP contribution in [0, 0.1) is 5.92 Å². The average molecular weight is 366 g/mol. The third-order valence-corrected chi connectivity index (χ3v) is 5.21. The lowest BCUT2D eigenvalue weighted by molar-refractivity contribution is 0.112. The van der Waals surface area contributed by atoms with Crippen molar-refractivity contribution < 1.29 is 4.52 Å². The van der Waals surface area contributed by atoms with Gasteiger partial charge >= 0.3 is 0 Å². The van der Waals surface area contributed by atoms with Crippen LogP contribution in [0.1, 0.15) is 31.7 Å². The third-order valence-electron chi connectivity index (χ3n) is 5.21. The standard InChI is InChI=1S/C19H22N6O2/c1-14(19-21-13-22-27-19)24-10-6-15(7-11-24)12-25-18(26)3-2-17(23-25)16-4-8-20-9-5-16/h2-5,8-9,13-15H,6-7,10-12H2,1H3. The number of nitrogens with zero attached hydrogens (tertiary/aromatic N) is 6. The largest absolute Gasteiger partial charge is 0.338 e. The Hall–Kier alpha value is -2.87. The van der Waals surface area contributed by atoms with Crippen molar-refractivity contribution in [1.29, 1.82) is 0 Å². The molecule has 0 spiro atoms. The van der Waals surface area contributed by atoms with E-state index in [1.165, 1.54) is 6.33 Å². The van der Waals surface area contributed by atoms with E-state index >= 15 is 0 Å². The van der Waals surface area contributed by atoms with Gasteiger partial charge in [0.2, 0.25) is 5.89 Å². The van der Waals surface area contributed by atoms with Gasteiger partial charge in [0.1, 0.15) is 0 Å². The Morgan fingerprint density at radius 2 is 1.96 bits per heavy atom. The molecule has 3 aromatic heterocycles. The van der Waals surface area contributed by atoms with Crippen LogP contribution in [-0.2, 0) is 6.54 Å². The quantitative estimate of drug-likeness (QED) is 0.683. The smallest absolute Gasteiger partial charge is 0.266 e. The van der Waals surface area contributed by atoms with Gasteiger partial charge in [-0.1, -0.05) is 5.16 Å². The molecule has 1 aliphatic rings. The highest BCUT2D eigenvalue weighted by atomic mass is 16.5. The molecule has 140 valence electrons. The topological polar surface area (TPSA) is 89.9 Å². The van der Waals surface area contributed by atoms with Crippen LogP contribution in [0.5, 0.6) is 0 Å². The minimum absolute atomic E-state index is 0.0607. The lowest BCUT2D eigenvalue weighted by Gasteiger charge is -2.34. The predicted octanol–water partition coefficient (Wildman–Crippen LogP) is 2.16. The van der Waals surface area contributed by atoms with Gasteiger partial charge in [0.25, 0.3) is 5.56 Å². The predicted molar refractivity (Wildman–Crippen MR) is 98.7 cm³/mol. The molecule has 1 aliphatic heterocycles. The first-order valence-electron chi connectivity index (χ1n) is 9.20. The van der Waals surface area contributed by atoms with E-state index in [1.54, 1.807) is 29.2 Å². The second-order valence-corrected chi connectivity index (χ2v) is 6.91. The van der Waals surface area contributed by atoms with Gasteiger partial charge in [-0.25, -0.2) is 4.68 Å². The summed E-state index contributed by atoms with van der Waals surface area (Å²) in [5.74, 6) is 1.07. The number of likely N-dealkylation sites (tertiary alicyclic amines) is 1. The normalized spacial score (nSPS) is 17.1. The Morgan fingerprint density at radius 3 is 2.67 bits per heavy atom. The second-order valence-electron chi connectivity index (χ2n) is 6.91. The number of pyridine rings is 1. The Morgan fingerprint density at radius 1 is 1.19 bits per heavy atom. The van der Waals surface area contributed by atoms with Crippen molar-refractivity contribution in [2.75, 3.05) is 13.1 Å². The highest BCUT2D eigenvalue weighted by molar-refractivity contribution is 5.56. The van der Waals surface area contributed by atoms with Gasteiger partial charge in [0.15, 0.2) is 6.33 Å². The molecule has 0 saturated carbocycles. The lowest BCUT2D eigenvalue weighted by atomic mass is 9.96. The Labute approximate surface area is 156 Å². The first-order chi connectivity index (χ1) is 13.2. The molecule has 8 nitrogen and oxygen atoms in total. The minimum atomic E-state index is -0.0607. The Balaban J connectivity index is 1.41. The number of piperidine rings is 1. The van der Waals surface area contributed by atoms with Gasteiger partial charge in [-0.05, 0) is 57.0 Å². The van der Waals surface area contributed by atoms with Gasteiger partial charge in [0, 0.05) is 30.6 Å². The second kappa shape index (κ2) is 7.79. The van der Waals surface area contributed by atoms with Crippen LogP contribution in [0.25, 0.3) is 11.3 Å². The molecule has 1 atom stereocenters. The molecule has 3 aromatic rings. The molecule has 0 aliphatic carbocycles. The fourth-order valence-corrected chi connectivity index (χ4v) is 3.55. The average Bonchev–Trinajstić information content (AvgIpc) is 3.25. The highest BCUT2D eigenvalue weighted by Gasteiger charge is 2.26. The summed E-state index contributed by atoms with van der Waals surface area (Å²) in [6.45, 7) is 4.60. The summed E-state index contributed by atoms with van der Waals surface area (Å²) in [6.07, 6.45) is 6.91. The van der Waals surface area contributed by atoms with Gasteiger partial charge in [-0.15, -0.1) is 0 Å². The van der Waals surface area contributed by atoms with Crippen molar-refractivity contribution in [2.45, 2.75) is 32.4 Å². The molecule has 0 amide bonds. The number of rotatable bonds is 5. The Bertz CT molecular complexity index is 917. The van der Waals surface area contributed by atoms with Crippen LogP contribution in [0.2, 0.25) is 0 Å². The molecule has 1 unspecified atom stereocenters. The molecule has 0 N–H and O–H groups in total. The zero-order valence-corrected chi connectivity index (χ0v) is 15.2. The molecule has 0 aromatic carbocycles. The molecule has 1 saturated heterocycles. The maximum atomic E-state index is 12.3. The van der Waals surface area contributed by atoms with Crippen molar-refractivity contribution in [2.24, 2.45) is 5.92 Å². The van der Waals surface area contributed by atoms with E-state index in [0.717, 1.165) is 37.2 Å². The molecule has 4 heterocycles. The molecular weight excluding hydrogens is 344 g/mol. The monoisotopic (exact) mass is 366 g/mol. The summed E-state index contributed by atoms with van der Waals surface area (Å²) in [5, 5.41) is 8.25. The van der Waals surface area contributed by atoms with Crippen LogP contribution in [-0.4, -0.2) is 42.9 Å². The van der Waals surface area contributed by atoms with Gasteiger partial charge in [-0.3, -0.25) is 14.7 Å². The van der Waals surface area contributed by atoms with Crippen LogP contribution >= 0.6 is 0 Å². The third kappa shape index (κ3) is 3.95. The van der Waals surface area contributed by atoms with Crippen molar-refractivity contribution in [3.8, 4) is 11.3 Å². The van der Waals surface area contributed by atoms with Crippen LogP contribution < -0.4 is 5.56 Å². The summed E-state index contributed by atoms with van der Waals surface area (Å²) in [4.78, 5) is 22.8. The zero-order valence-electron chi connectivity index (χ0n) is 15.2. The number of aromatic nitrogens is 5. The summed E-state index contributed by atoms with van der Waals surface area (Å²) in [7, 11) is 0. The highest BCUT2D eigenvalue weighted by Crippen LogP contribution is 2.26. The summed E-state index contributed by atoms with van der Waals surface area (Å²) >= 11 is 0. The fraction of sp³-hybridized carbons (Fsp3) is 0.421. The van der Waals surface area contributed by atoms with Crippen molar-refractivity contribution in [3.05, 3.63) is 59.2 Å². The van der Waals surface area contributed by atoms with E-state index in [4.69, 9.17) is 4.52 Å². The maximum absolute atomic E-state index is 12.3. The molecule has 0 radical (unpaired) electrons. The molecule has 27 heavy (non-hydrogen) atoms. The molecule has 1 fully saturated rings. The summed E-state index contributed by atoms with van der Waals surface area (Å²) < 4.78 is 6.77. The van der Waals surface area contributed by atoms with Gasteiger partial charge < -0.3 is 4.52 Å². The van der Waals surface area contributed by atoms with Gasteiger partial charge in [-0.2, -0.15) is 10.1 Å². The first-order valence-corrected chi connectivity index (χ1v) is 9.20. The first kappa shape index (κ1) is 17.5. The lowest BCUT2D eigenvalue weighted by Crippen LogP contribution is -2.38. The van der Waals surface area contributed by atoms with Crippen molar-refractivity contribution >= 4 is 0 Å². The molecule has 8 heteroatoms. The maximum Gasteiger partial charge on any atom is 0.266 e. The minimum Gasteiger partial charge on any atom is -0.338 e. The van der Waals surface area contributed by atoms with Gasteiger partial charge in [0.05, 0.1) is 11.7 Å². The summed E-state index contributed by atoms with van der Waals surface area (Å²) in [5.41, 5.74) is 1.69. The number of hydrogen-bond acceptors (Lipinski definition) is 7. The van der Waals surface area contributed by atoms with Crippen LogP contribution in [0.4, 0.5) is 0 Å². The SMILES string of the molecule is CC(c1ncno1)N1CCC(Cn2nc(-c3ccncc3)ccc2=O)CC1. The van der Waals surface area contributed by atoms with E-state index in [9.17, 15) is 4.79 Å². The number of hydrogen-bond donors (Lipinski definition) is 0. The van der Waals surface area contributed by atoms with Crippen LogP contribution in [0.3, 0.4) is 0 Å². The summed E-state index contributed by atoms with van der Waals surface area (Å²) in [6, 6.07) is 7.27. The van der Waals surface area contributed by atoms with E-state index in [-0.39, 0.29) is 11.6 Å². The molecule has 0 bridgehead atoms. The van der Waals surface area contributed by atoms with E-state index in [2.05, 4.69) is 32.0 Å². The fourth-order valence-electron chi connectivity index (χ4n) is 3.55. The molecule has 4 rings (SSSR count). The van der Waals surface area contributed by atoms with E-state index < -0.39 is 0 Å².